The van der Waals surface area contributed by atoms with Gasteiger partial charge >= 0.3 is 0 Å². The number of halogens is 1. The van der Waals surface area contributed by atoms with Gasteiger partial charge in [-0.05, 0) is 6.07 Å². The number of morpholine rings is 1. The van der Waals surface area contributed by atoms with E-state index in [-0.39, 0.29) is 0 Å². The third-order valence-electron chi connectivity index (χ3n) is 3.03. The van der Waals surface area contributed by atoms with Crippen LogP contribution in [-0.4, -0.2) is 44.4 Å². The summed E-state index contributed by atoms with van der Waals surface area (Å²) in [5.41, 5.74) is 6.62. The van der Waals surface area contributed by atoms with E-state index in [4.69, 9.17) is 26.8 Å². The number of benzene rings is 1. The van der Waals surface area contributed by atoms with Crippen LogP contribution in [-0.2, 0) is 11.3 Å². The van der Waals surface area contributed by atoms with Crippen LogP contribution in [0.25, 0.3) is 0 Å². The molecule has 0 unspecified atom stereocenters. The minimum Gasteiger partial charge on any atom is -0.490 e. The molecule has 0 aliphatic carbocycles. The molecule has 0 amide bonds. The van der Waals surface area contributed by atoms with Gasteiger partial charge in [-0.25, -0.2) is 0 Å². The SMILES string of the molecule is NCc1cccc(Cl)c1OCCN1CCOCC1. The highest BCUT2D eigenvalue weighted by molar-refractivity contribution is 6.32. The lowest BCUT2D eigenvalue weighted by atomic mass is 10.2. The second-order valence-electron chi connectivity index (χ2n) is 4.23. The Labute approximate surface area is 113 Å². The molecule has 1 aliphatic rings. The van der Waals surface area contributed by atoms with Crippen LogP contribution in [0.1, 0.15) is 5.56 Å². The second kappa shape index (κ2) is 6.95. The first kappa shape index (κ1) is 13.6. The van der Waals surface area contributed by atoms with Crippen molar-refractivity contribution >= 4 is 11.6 Å². The quantitative estimate of drug-likeness (QED) is 0.881. The smallest absolute Gasteiger partial charge is 0.142 e. The van der Waals surface area contributed by atoms with Crippen molar-refractivity contribution in [3.63, 3.8) is 0 Å². The third kappa shape index (κ3) is 3.59. The van der Waals surface area contributed by atoms with Crippen molar-refractivity contribution in [3.05, 3.63) is 28.8 Å². The number of rotatable bonds is 5. The first-order chi connectivity index (χ1) is 8.81. The van der Waals surface area contributed by atoms with Crippen molar-refractivity contribution in [2.75, 3.05) is 39.5 Å². The molecule has 0 atom stereocenters. The average molecular weight is 271 g/mol. The van der Waals surface area contributed by atoms with Crippen LogP contribution in [0.4, 0.5) is 0 Å². The van der Waals surface area contributed by atoms with Crippen LogP contribution >= 0.6 is 11.6 Å². The molecule has 5 heteroatoms. The van der Waals surface area contributed by atoms with Crippen molar-refractivity contribution in [1.29, 1.82) is 0 Å². The minimum atomic E-state index is 0.438. The zero-order valence-corrected chi connectivity index (χ0v) is 11.2. The topological polar surface area (TPSA) is 47.7 Å². The maximum absolute atomic E-state index is 6.12. The molecule has 100 valence electrons. The highest BCUT2D eigenvalue weighted by Crippen LogP contribution is 2.28. The molecule has 1 fully saturated rings. The summed E-state index contributed by atoms with van der Waals surface area (Å²) in [5.74, 6) is 0.718. The molecule has 2 N–H and O–H groups in total. The van der Waals surface area contributed by atoms with Gasteiger partial charge in [0.2, 0.25) is 0 Å². The zero-order valence-electron chi connectivity index (χ0n) is 10.4. The van der Waals surface area contributed by atoms with Crippen molar-refractivity contribution in [3.8, 4) is 5.75 Å². The Balaban J connectivity index is 1.85. The molecule has 18 heavy (non-hydrogen) atoms. The summed E-state index contributed by atoms with van der Waals surface area (Å²) in [7, 11) is 0. The van der Waals surface area contributed by atoms with E-state index in [9.17, 15) is 0 Å². The summed E-state index contributed by atoms with van der Waals surface area (Å²) < 4.78 is 11.1. The molecule has 1 aromatic carbocycles. The maximum atomic E-state index is 6.12. The first-order valence-electron chi connectivity index (χ1n) is 6.21. The second-order valence-corrected chi connectivity index (χ2v) is 4.64. The molecule has 1 aliphatic heterocycles. The van der Waals surface area contributed by atoms with Crippen molar-refractivity contribution < 1.29 is 9.47 Å². The van der Waals surface area contributed by atoms with Gasteiger partial charge in [0, 0.05) is 31.7 Å². The number of ether oxygens (including phenoxy) is 2. The van der Waals surface area contributed by atoms with Crippen LogP contribution in [0.15, 0.2) is 18.2 Å². The average Bonchev–Trinajstić information content (AvgIpc) is 2.41. The van der Waals surface area contributed by atoms with Gasteiger partial charge in [0.05, 0.1) is 18.2 Å². The first-order valence-corrected chi connectivity index (χ1v) is 6.59. The monoisotopic (exact) mass is 270 g/mol. The standard InChI is InChI=1S/C13H19ClN2O2/c14-12-3-1-2-11(10-15)13(12)18-9-6-16-4-7-17-8-5-16/h1-3H,4-10,15H2. The number of nitrogens with two attached hydrogens (primary N) is 1. The van der Waals surface area contributed by atoms with Gasteiger partial charge in [0.15, 0.2) is 0 Å². The van der Waals surface area contributed by atoms with Gasteiger partial charge in [-0.15, -0.1) is 0 Å². The van der Waals surface area contributed by atoms with Gasteiger partial charge < -0.3 is 15.2 Å². The Bertz CT molecular complexity index is 381. The highest BCUT2D eigenvalue weighted by Gasteiger charge is 2.11. The van der Waals surface area contributed by atoms with Crippen molar-refractivity contribution in [2.45, 2.75) is 6.54 Å². The van der Waals surface area contributed by atoms with Crippen LogP contribution in [0.2, 0.25) is 5.02 Å². The Morgan fingerprint density at radius 2 is 2.11 bits per heavy atom. The summed E-state index contributed by atoms with van der Waals surface area (Å²) >= 11 is 6.12. The van der Waals surface area contributed by atoms with E-state index in [1.807, 2.05) is 18.2 Å². The molecular weight excluding hydrogens is 252 g/mol. The largest absolute Gasteiger partial charge is 0.490 e. The molecule has 0 bridgehead atoms. The number of hydrogen-bond donors (Lipinski definition) is 1. The Kier molecular flexibility index (Phi) is 5.26. The summed E-state index contributed by atoms with van der Waals surface area (Å²) in [6, 6.07) is 5.65. The Morgan fingerprint density at radius 1 is 1.33 bits per heavy atom. The fourth-order valence-corrected chi connectivity index (χ4v) is 2.23. The normalized spacial score (nSPS) is 16.8. The molecule has 0 radical (unpaired) electrons. The lowest BCUT2D eigenvalue weighted by Crippen LogP contribution is -2.38. The lowest BCUT2D eigenvalue weighted by Gasteiger charge is -2.26. The maximum Gasteiger partial charge on any atom is 0.142 e. The molecule has 1 heterocycles. The number of nitrogens with zero attached hydrogens (tertiary/aromatic N) is 1. The molecule has 0 saturated carbocycles. The molecular formula is C13H19ClN2O2. The molecule has 0 aromatic heterocycles. The van der Waals surface area contributed by atoms with E-state index in [0.717, 1.165) is 44.2 Å². The van der Waals surface area contributed by atoms with E-state index >= 15 is 0 Å². The summed E-state index contributed by atoms with van der Waals surface area (Å²) in [6.07, 6.45) is 0. The van der Waals surface area contributed by atoms with Gasteiger partial charge in [-0.2, -0.15) is 0 Å². The molecule has 4 nitrogen and oxygen atoms in total. The van der Waals surface area contributed by atoms with Gasteiger partial charge in [-0.3, -0.25) is 4.90 Å². The predicted octanol–water partition coefficient (Wildman–Crippen LogP) is 1.51. The van der Waals surface area contributed by atoms with Crippen molar-refractivity contribution in [2.24, 2.45) is 5.73 Å². The van der Waals surface area contributed by atoms with Crippen molar-refractivity contribution in [1.82, 2.24) is 4.90 Å². The molecule has 2 rings (SSSR count). The fourth-order valence-electron chi connectivity index (χ4n) is 1.98. The van der Waals surface area contributed by atoms with E-state index in [1.54, 1.807) is 0 Å². The number of para-hydroxylation sites is 1. The zero-order chi connectivity index (χ0) is 12.8. The predicted molar refractivity (Wildman–Crippen MR) is 72.1 cm³/mol. The summed E-state index contributed by atoms with van der Waals surface area (Å²) in [4.78, 5) is 2.32. The van der Waals surface area contributed by atoms with E-state index < -0.39 is 0 Å². The number of hydrogen-bond acceptors (Lipinski definition) is 4. The van der Waals surface area contributed by atoms with E-state index in [1.165, 1.54) is 0 Å². The van der Waals surface area contributed by atoms with Crippen LogP contribution < -0.4 is 10.5 Å². The summed E-state index contributed by atoms with van der Waals surface area (Å²) in [6.45, 7) is 5.49. The third-order valence-corrected chi connectivity index (χ3v) is 3.32. The highest BCUT2D eigenvalue weighted by atomic mass is 35.5. The Hall–Kier alpha value is -0.810. The molecule has 1 saturated heterocycles. The summed E-state index contributed by atoms with van der Waals surface area (Å²) in [5, 5.41) is 0.625. The molecule has 0 spiro atoms. The van der Waals surface area contributed by atoms with Gasteiger partial charge in [0.1, 0.15) is 12.4 Å². The van der Waals surface area contributed by atoms with Gasteiger partial charge in [0.25, 0.3) is 0 Å². The van der Waals surface area contributed by atoms with E-state index in [0.29, 0.717) is 18.2 Å². The molecule has 1 aromatic rings. The Morgan fingerprint density at radius 3 is 2.83 bits per heavy atom. The lowest BCUT2D eigenvalue weighted by molar-refractivity contribution is 0.0322. The fraction of sp³-hybridized carbons (Fsp3) is 0.538. The minimum absolute atomic E-state index is 0.438. The van der Waals surface area contributed by atoms with E-state index in [2.05, 4.69) is 4.90 Å². The van der Waals surface area contributed by atoms with Crippen LogP contribution in [0.3, 0.4) is 0 Å². The van der Waals surface area contributed by atoms with Crippen LogP contribution in [0, 0.1) is 0 Å². The van der Waals surface area contributed by atoms with Gasteiger partial charge in [-0.1, -0.05) is 23.7 Å². The van der Waals surface area contributed by atoms with Crippen LogP contribution in [0.5, 0.6) is 5.75 Å².